The Morgan fingerprint density at radius 3 is 2.50 bits per heavy atom. The zero-order valence-corrected chi connectivity index (χ0v) is 8.69. The molecule has 14 heavy (non-hydrogen) atoms. The van der Waals surface area contributed by atoms with Crippen LogP contribution in [0.5, 0.6) is 0 Å². The predicted octanol–water partition coefficient (Wildman–Crippen LogP) is 2.22. The Hall–Kier alpha value is -1.33. The first-order valence-corrected chi connectivity index (χ1v) is 4.47. The van der Waals surface area contributed by atoms with Crippen LogP contribution in [0.3, 0.4) is 0 Å². The average Bonchev–Trinajstić information content (AvgIpc) is 2.06. The van der Waals surface area contributed by atoms with E-state index in [4.69, 9.17) is 5.73 Å². The zero-order valence-electron chi connectivity index (χ0n) is 8.69. The van der Waals surface area contributed by atoms with Crippen molar-refractivity contribution < 1.29 is 4.39 Å². The molecule has 0 heterocycles. The highest BCUT2D eigenvalue weighted by Crippen LogP contribution is 2.08. The summed E-state index contributed by atoms with van der Waals surface area (Å²) < 4.78 is 12.9. The molecule has 0 fully saturated rings. The summed E-state index contributed by atoms with van der Waals surface area (Å²) >= 11 is 0. The number of hydrogen-bond acceptors (Lipinski definition) is 1. The fourth-order valence-electron chi connectivity index (χ4n) is 0.956. The molecule has 0 aromatic heterocycles. The molecule has 0 radical (unpaired) electrons. The summed E-state index contributed by atoms with van der Waals surface area (Å²) in [5.74, 6) is 5.60. The molecular weight excluding hydrogens is 177 g/mol. The lowest BCUT2D eigenvalue weighted by molar-refractivity contribution is 0.618. The second kappa shape index (κ2) is 3.81. The maximum Gasteiger partial charge on any atom is 0.126 e. The van der Waals surface area contributed by atoms with Crippen LogP contribution in [0, 0.1) is 24.6 Å². The van der Waals surface area contributed by atoms with Crippen LogP contribution in [0.25, 0.3) is 0 Å². The van der Waals surface area contributed by atoms with Crippen molar-refractivity contribution in [1.29, 1.82) is 0 Å². The molecule has 0 atom stereocenters. The van der Waals surface area contributed by atoms with Crippen LogP contribution in [0.1, 0.15) is 25.0 Å². The van der Waals surface area contributed by atoms with Gasteiger partial charge in [-0.15, -0.1) is 0 Å². The highest BCUT2D eigenvalue weighted by Gasteiger charge is 2.03. The monoisotopic (exact) mass is 191 g/mol. The molecule has 0 bridgehead atoms. The van der Waals surface area contributed by atoms with Crippen molar-refractivity contribution in [3.05, 3.63) is 35.1 Å². The second-order valence-corrected chi connectivity index (χ2v) is 3.94. The topological polar surface area (TPSA) is 26.0 Å². The maximum absolute atomic E-state index is 12.9. The van der Waals surface area contributed by atoms with Gasteiger partial charge in [-0.05, 0) is 44.5 Å². The Morgan fingerprint density at radius 1 is 1.36 bits per heavy atom. The molecule has 0 aliphatic heterocycles. The maximum atomic E-state index is 12.9. The van der Waals surface area contributed by atoms with Gasteiger partial charge in [0.25, 0.3) is 0 Å². The average molecular weight is 191 g/mol. The third kappa shape index (κ3) is 3.20. The minimum atomic E-state index is -0.512. The van der Waals surface area contributed by atoms with E-state index in [1.807, 2.05) is 13.8 Å². The molecule has 0 spiro atoms. The van der Waals surface area contributed by atoms with Crippen molar-refractivity contribution in [2.24, 2.45) is 5.73 Å². The number of halogens is 1. The smallest absolute Gasteiger partial charge is 0.126 e. The Morgan fingerprint density at radius 2 is 2.00 bits per heavy atom. The quantitative estimate of drug-likeness (QED) is 0.625. The summed E-state index contributed by atoms with van der Waals surface area (Å²) in [5.41, 5.74) is 6.59. The lowest BCUT2D eigenvalue weighted by Crippen LogP contribution is -2.29. The molecule has 1 nitrogen and oxygen atoms in total. The van der Waals surface area contributed by atoms with E-state index in [0.717, 1.165) is 5.56 Å². The third-order valence-corrected chi connectivity index (χ3v) is 1.69. The standard InChI is InChI=1S/C12H14FN/c1-9-8-10(4-5-11(9)13)6-7-12(2,3)14/h4-5,8H,14H2,1-3H3. The molecular formula is C12H14FN. The van der Waals surface area contributed by atoms with E-state index in [0.29, 0.717) is 5.56 Å². The lowest BCUT2D eigenvalue weighted by Gasteiger charge is -2.07. The van der Waals surface area contributed by atoms with Crippen LogP contribution in [0.15, 0.2) is 18.2 Å². The van der Waals surface area contributed by atoms with Crippen LogP contribution < -0.4 is 5.73 Å². The van der Waals surface area contributed by atoms with Crippen molar-refractivity contribution >= 4 is 0 Å². The second-order valence-electron chi connectivity index (χ2n) is 3.94. The Balaban J connectivity index is 2.98. The van der Waals surface area contributed by atoms with Gasteiger partial charge in [0.15, 0.2) is 0 Å². The van der Waals surface area contributed by atoms with Crippen LogP contribution in [-0.4, -0.2) is 5.54 Å². The Bertz CT molecular complexity index is 391. The van der Waals surface area contributed by atoms with Gasteiger partial charge in [-0.2, -0.15) is 0 Å². The largest absolute Gasteiger partial charge is 0.316 e. The third-order valence-electron chi connectivity index (χ3n) is 1.69. The summed E-state index contributed by atoms with van der Waals surface area (Å²) in [6.07, 6.45) is 0. The zero-order chi connectivity index (χ0) is 10.8. The van der Waals surface area contributed by atoms with Crippen LogP contribution in [-0.2, 0) is 0 Å². The molecule has 0 amide bonds. The summed E-state index contributed by atoms with van der Waals surface area (Å²) in [6, 6.07) is 4.79. The molecule has 0 saturated heterocycles. The van der Waals surface area contributed by atoms with E-state index in [9.17, 15) is 4.39 Å². The molecule has 2 N–H and O–H groups in total. The van der Waals surface area contributed by atoms with E-state index in [1.54, 1.807) is 19.1 Å². The van der Waals surface area contributed by atoms with Crippen molar-refractivity contribution in [2.75, 3.05) is 0 Å². The Kier molecular flexibility index (Phi) is 2.93. The van der Waals surface area contributed by atoms with Gasteiger partial charge in [-0.3, -0.25) is 0 Å². The van der Waals surface area contributed by atoms with Crippen LogP contribution in [0.2, 0.25) is 0 Å². The predicted molar refractivity (Wildman–Crippen MR) is 56.3 cm³/mol. The van der Waals surface area contributed by atoms with Crippen molar-refractivity contribution in [3.63, 3.8) is 0 Å². The van der Waals surface area contributed by atoms with Crippen LogP contribution >= 0.6 is 0 Å². The highest BCUT2D eigenvalue weighted by atomic mass is 19.1. The number of hydrogen-bond donors (Lipinski definition) is 1. The van der Waals surface area contributed by atoms with Gasteiger partial charge in [0.2, 0.25) is 0 Å². The van der Waals surface area contributed by atoms with Crippen LogP contribution in [0.4, 0.5) is 4.39 Å². The van der Waals surface area contributed by atoms with Gasteiger partial charge in [-0.1, -0.05) is 11.8 Å². The molecule has 0 aliphatic rings. The Labute approximate surface area is 84.1 Å². The van der Waals surface area contributed by atoms with E-state index in [-0.39, 0.29) is 5.82 Å². The molecule has 0 saturated carbocycles. The van der Waals surface area contributed by atoms with Gasteiger partial charge >= 0.3 is 0 Å². The molecule has 0 unspecified atom stereocenters. The summed E-state index contributed by atoms with van der Waals surface area (Å²) in [6.45, 7) is 5.38. The summed E-state index contributed by atoms with van der Waals surface area (Å²) in [4.78, 5) is 0. The number of aryl methyl sites for hydroxylation is 1. The van der Waals surface area contributed by atoms with E-state index < -0.39 is 5.54 Å². The minimum Gasteiger partial charge on any atom is -0.316 e. The van der Waals surface area contributed by atoms with Gasteiger partial charge in [0.05, 0.1) is 5.54 Å². The van der Waals surface area contributed by atoms with Gasteiger partial charge < -0.3 is 5.73 Å². The molecule has 1 aromatic carbocycles. The highest BCUT2D eigenvalue weighted by molar-refractivity contribution is 5.38. The molecule has 2 heteroatoms. The van der Waals surface area contributed by atoms with Crippen molar-refractivity contribution in [3.8, 4) is 11.8 Å². The van der Waals surface area contributed by atoms with E-state index in [1.165, 1.54) is 6.07 Å². The molecule has 1 rings (SSSR count). The number of benzene rings is 1. The first kappa shape index (κ1) is 10.7. The molecule has 74 valence electrons. The lowest BCUT2D eigenvalue weighted by atomic mass is 10.1. The minimum absolute atomic E-state index is 0.206. The SMILES string of the molecule is Cc1cc(C#CC(C)(C)N)ccc1F. The van der Waals surface area contributed by atoms with Gasteiger partial charge in [0.1, 0.15) is 5.82 Å². The number of nitrogens with two attached hydrogens (primary N) is 1. The first-order valence-electron chi connectivity index (χ1n) is 4.47. The first-order chi connectivity index (χ1) is 6.38. The number of rotatable bonds is 0. The van der Waals surface area contributed by atoms with Gasteiger partial charge in [-0.25, -0.2) is 4.39 Å². The fraction of sp³-hybridized carbons (Fsp3) is 0.333. The summed E-state index contributed by atoms with van der Waals surface area (Å²) in [5, 5.41) is 0. The van der Waals surface area contributed by atoms with E-state index in [2.05, 4.69) is 11.8 Å². The van der Waals surface area contributed by atoms with Crippen molar-refractivity contribution in [1.82, 2.24) is 0 Å². The summed E-state index contributed by atoms with van der Waals surface area (Å²) in [7, 11) is 0. The van der Waals surface area contributed by atoms with Gasteiger partial charge in [0, 0.05) is 5.56 Å². The van der Waals surface area contributed by atoms with E-state index >= 15 is 0 Å². The fourth-order valence-corrected chi connectivity index (χ4v) is 0.956. The van der Waals surface area contributed by atoms with Crippen molar-refractivity contribution in [2.45, 2.75) is 26.3 Å². The molecule has 1 aromatic rings. The molecule has 0 aliphatic carbocycles. The normalized spacial score (nSPS) is 10.6.